The van der Waals surface area contributed by atoms with Crippen molar-refractivity contribution in [1.29, 1.82) is 0 Å². The third-order valence-electron chi connectivity index (χ3n) is 2.63. The minimum atomic E-state index is -0.610. The van der Waals surface area contributed by atoms with E-state index in [0.717, 1.165) is 11.3 Å². The van der Waals surface area contributed by atoms with Gasteiger partial charge in [0.15, 0.2) is 0 Å². The molecular formula is C13H13ClN4O3. The van der Waals surface area contributed by atoms with E-state index in [-0.39, 0.29) is 16.7 Å². The monoisotopic (exact) mass is 308 g/mol. The smallest absolute Gasteiger partial charge is 0.348 e. The Bertz CT molecular complexity index is 651. The molecule has 110 valence electrons. The molecule has 0 bridgehead atoms. The van der Waals surface area contributed by atoms with Crippen molar-refractivity contribution in [3.8, 4) is 5.75 Å². The summed E-state index contributed by atoms with van der Waals surface area (Å²) < 4.78 is 5.40. The van der Waals surface area contributed by atoms with Crippen LogP contribution in [0.15, 0.2) is 30.6 Å². The topological polar surface area (TPSA) is 90.2 Å². The van der Waals surface area contributed by atoms with Crippen molar-refractivity contribution in [2.24, 2.45) is 0 Å². The van der Waals surface area contributed by atoms with Gasteiger partial charge in [0.2, 0.25) is 11.0 Å². The first kappa shape index (κ1) is 15.0. The van der Waals surface area contributed by atoms with Crippen LogP contribution in [0.3, 0.4) is 0 Å². The maximum absolute atomic E-state index is 11.0. The van der Waals surface area contributed by atoms with E-state index in [4.69, 9.17) is 16.3 Å². The molecule has 0 aliphatic rings. The van der Waals surface area contributed by atoms with Crippen LogP contribution in [0, 0.1) is 10.1 Å². The summed E-state index contributed by atoms with van der Waals surface area (Å²) in [6.07, 6.45) is 1.17. The molecule has 21 heavy (non-hydrogen) atoms. The fourth-order valence-corrected chi connectivity index (χ4v) is 1.95. The molecule has 0 spiro atoms. The number of halogens is 1. The molecule has 0 atom stereocenters. The lowest BCUT2D eigenvalue weighted by Crippen LogP contribution is -2.06. The second-order valence-electron chi connectivity index (χ2n) is 4.05. The zero-order chi connectivity index (χ0) is 15.2. The lowest BCUT2D eigenvalue weighted by atomic mass is 10.2. The summed E-state index contributed by atoms with van der Waals surface area (Å²) in [4.78, 5) is 17.8. The Morgan fingerprint density at radius 3 is 2.95 bits per heavy atom. The summed E-state index contributed by atoms with van der Waals surface area (Å²) in [5, 5.41) is 13.7. The minimum absolute atomic E-state index is 0.0850. The zero-order valence-corrected chi connectivity index (χ0v) is 12.0. The first-order valence-electron chi connectivity index (χ1n) is 6.22. The summed E-state index contributed by atoms with van der Waals surface area (Å²) in [6.45, 7) is 2.83. The number of aromatic nitrogens is 2. The van der Waals surface area contributed by atoms with Crippen molar-refractivity contribution >= 4 is 23.1 Å². The van der Waals surface area contributed by atoms with Gasteiger partial charge in [0.05, 0.1) is 11.5 Å². The van der Waals surface area contributed by atoms with Crippen molar-refractivity contribution in [1.82, 2.24) is 9.97 Å². The van der Waals surface area contributed by atoms with Gasteiger partial charge < -0.3 is 10.1 Å². The molecule has 0 unspecified atom stereocenters. The lowest BCUT2D eigenvalue weighted by molar-refractivity contribution is -0.384. The van der Waals surface area contributed by atoms with Gasteiger partial charge in [-0.1, -0.05) is 23.7 Å². The number of hydrogen-bond donors (Lipinski definition) is 1. The first-order valence-corrected chi connectivity index (χ1v) is 6.60. The molecule has 0 saturated heterocycles. The maximum atomic E-state index is 11.0. The van der Waals surface area contributed by atoms with Crippen LogP contribution >= 0.6 is 11.6 Å². The fourth-order valence-electron chi connectivity index (χ4n) is 1.75. The third kappa shape index (κ3) is 3.79. The molecule has 0 fully saturated rings. The summed E-state index contributed by atoms with van der Waals surface area (Å²) in [5.41, 5.74) is 0.574. The van der Waals surface area contributed by atoms with E-state index < -0.39 is 4.92 Å². The number of nitrogens with zero attached hydrogens (tertiary/aromatic N) is 3. The molecule has 7 nitrogen and oxygen atoms in total. The predicted molar refractivity (Wildman–Crippen MR) is 78.6 cm³/mol. The van der Waals surface area contributed by atoms with Crippen LogP contribution in [0.4, 0.5) is 11.5 Å². The highest BCUT2D eigenvalue weighted by Gasteiger charge is 2.21. The number of nitrogens with one attached hydrogen (secondary N) is 1. The van der Waals surface area contributed by atoms with Gasteiger partial charge in [-0.15, -0.1) is 0 Å². The van der Waals surface area contributed by atoms with Crippen molar-refractivity contribution in [3.05, 3.63) is 51.4 Å². The lowest BCUT2D eigenvalue weighted by Gasteiger charge is -2.08. The molecule has 2 aromatic rings. The second kappa shape index (κ2) is 6.85. The number of anilines is 1. The van der Waals surface area contributed by atoms with Gasteiger partial charge in [-0.05, 0) is 24.6 Å². The highest BCUT2D eigenvalue weighted by atomic mass is 35.5. The quantitative estimate of drug-likeness (QED) is 0.501. The molecule has 0 radical (unpaired) electrons. The molecule has 8 heteroatoms. The van der Waals surface area contributed by atoms with E-state index in [1.54, 1.807) is 0 Å². The summed E-state index contributed by atoms with van der Waals surface area (Å²) in [6, 6.07) is 7.43. The van der Waals surface area contributed by atoms with Crippen molar-refractivity contribution in [2.45, 2.75) is 13.5 Å². The fraction of sp³-hybridized carbons (Fsp3) is 0.231. The largest absolute Gasteiger partial charge is 0.494 e. The van der Waals surface area contributed by atoms with Crippen LogP contribution < -0.4 is 10.1 Å². The molecule has 2 rings (SSSR count). The van der Waals surface area contributed by atoms with E-state index in [0.29, 0.717) is 13.2 Å². The summed E-state index contributed by atoms with van der Waals surface area (Å²) in [7, 11) is 0. The van der Waals surface area contributed by atoms with Crippen molar-refractivity contribution in [3.63, 3.8) is 0 Å². The van der Waals surface area contributed by atoms with Crippen LogP contribution in [0.5, 0.6) is 5.75 Å². The Balaban J connectivity index is 2.15. The van der Waals surface area contributed by atoms with Gasteiger partial charge in [0.1, 0.15) is 12.1 Å². The Labute approximate surface area is 126 Å². The third-order valence-corrected chi connectivity index (χ3v) is 2.91. The highest BCUT2D eigenvalue weighted by Crippen LogP contribution is 2.28. The maximum Gasteiger partial charge on any atom is 0.348 e. The van der Waals surface area contributed by atoms with E-state index in [1.807, 2.05) is 31.2 Å². The molecule has 0 aliphatic heterocycles. The molecule has 1 aromatic heterocycles. The number of nitro groups is 1. The molecule has 0 amide bonds. The van der Waals surface area contributed by atoms with E-state index in [9.17, 15) is 10.1 Å². The Kier molecular flexibility index (Phi) is 4.89. The highest BCUT2D eigenvalue weighted by molar-refractivity contribution is 6.31. The predicted octanol–water partition coefficient (Wildman–Crippen LogP) is 3.05. The number of rotatable bonds is 6. The molecule has 1 heterocycles. The minimum Gasteiger partial charge on any atom is -0.494 e. The van der Waals surface area contributed by atoms with Crippen molar-refractivity contribution in [2.75, 3.05) is 11.9 Å². The van der Waals surface area contributed by atoms with Gasteiger partial charge in [-0.25, -0.2) is 9.97 Å². The number of ether oxygens (including phenoxy) is 1. The van der Waals surface area contributed by atoms with E-state index >= 15 is 0 Å². The molecule has 1 aromatic carbocycles. The van der Waals surface area contributed by atoms with E-state index in [1.165, 1.54) is 6.33 Å². The van der Waals surface area contributed by atoms with Crippen LogP contribution in [-0.4, -0.2) is 21.5 Å². The summed E-state index contributed by atoms with van der Waals surface area (Å²) in [5.74, 6) is 0.828. The van der Waals surface area contributed by atoms with Gasteiger partial charge in [-0.2, -0.15) is 0 Å². The zero-order valence-electron chi connectivity index (χ0n) is 11.2. The Morgan fingerprint density at radius 2 is 2.24 bits per heavy atom. The number of hydrogen-bond acceptors (Lipinski definition) is 6. The SMILES string of the molecule is CCOc1cccc(CNc2ncnc(Cl)c2[N+](=O)[O-])c1. The molecule has 0 aliphatic carbocycles. The Morgan fingerprint density at radius 1 is 1.43 bits per heavy atom. The van der Waals surface area contributed by atoms with Gasteiger partial charge >= 0.3 is 5.69 Å². The average molecular weight is 309 g/mol. The van der Waals surface area contributed by atoms with Gasteiger partial charge in [0.25, 0.3) is 0 Å². The molecule has 1 N–H and O–H groups in total. The molecule has 0 saturated carbocycles. The first-order chi connectivity index (χ1) is 10.1. The van der Waals surface area contributed by atoms with E-state index in [2.05, 4.69) is 15.3 Å². The number of benzene rings is 1. The van der Waals surface area contributed by atoms with Crippen LogP contribution in [0.25, 0.3) is 0 Å². The van der Waals surface area contributed by atoms with Crippen LogP contribution in [0.1, 0.15) is 12.5 Å². The standard InChI is InChI=1S/C13H13ClN4O3/c1-2-21-10-5-3-4-9(6-10)7-15-13-11(18(19)20)12(14)16-8-17-13/h3-6,8H,2,7H2,1H3,(H,15,16,17). The normalized spacial score (nSPS) is 10.2. The van der Waals surface area contributed by atoms with Crippen LogP contribution in [0.2, 0.25) is 5.15 Å². The Hall–Kier alpha value is -2.41. The second-order valence-corrected chi connectivity index (χ2v) is 4.41. The summed E-state index contributed by atoms with van der Waals surface area (Å²) >= 11 is 5.72. The average Bonchev–Trinajstić information content (AvgIpc) is 2.45. The van der Waals surface area contributed by atoms with Gasteiger partial charge in [0, 0.05) is 6.54 Å². The van der Waals surface area contributed by atoms with Crippen LogP contribution in [-0.2, 0) is 6.54 Å². The van der Waals surface area contributed by atoms with Crippen molar-refractivity contribution < 1.29 is 9.66 Å². The molecular weight excluding hydrogens is 296 g/mol. The van der Waals surface area contributed by atoms with Gasteiger partial charge in [-0.3, -0.25) is 10.1 Å².